The van der Waals surface area contributed by atoms with Gasteiger partial charge in [0, 0.05) is 31.1 Å². The number of hydrogen-bond acceptors (Lipinski definition) is 5. The van der Waals surface area contributed by atoms with Crippen molar-refractivity contribution in [3.05, 3.63) is 28.1 Å². The number of nitro groups is 1. The number of hydrogen-bond donors (Lipinski definition) is 2. The lowest BCUT2D eigenvalue weighted by molar-refractivity contribution is -0.387. The van der Waals surface area contributed by atoms with Crippen molar-refractivity contribution in [1.82, 2.24) is 0 Å². The van der Waals surface area contributed by atoms with Crippen LogP contribution in [0.15, 0.2) is 12.1 Å². The van der Waals surface area contributed by atoms with Gasteiger partial charge in [-0.1, -0.05) is 0 Å². The lowest BCUT2D eigenvalue weighted by Gasteiger charge is -2.18. The van der Waals surface area contributed by atoms with Gasteiger partial charge in [-0.15, -0.1) is 0 Å². The molecule has 1 fully saturated rings. The number of nitro benzene ring substituents is 1. The summed E-state index contributed by atoms with van der Waals surface area (Å²) in [6.45, 7) is 0.223. The van der Waals surface area contributed by atoms with Crippen molar-refractivity contribution in [2.45, 2.75) is 12.5 Å². The second-order valence-electron chi connectivity index (χ2n) is 4.09. The molecule has 0 spiro atoms. The van der Waals surface area contributed by atoms with Crippen molar-refractivity contribution in [2.75, 3.05) is 17.2 Å². The standard InChI is InChI=1S/C10H11FN4O3/c11-6-2-9(7(13)3-8(6)15(17)18)14-4-5(12)1-10(14)16/h2-3,5H,1,4,12-13H2. The van der Waals surface area contributed by atoms with Crippen LogP contribution in [-0.4, -0.2) is 23.4 Å². The molecule has 18 heavy (non-hydrogen) atoms. The minimum Gasteiger partial charge on any atom is -0.397 e. The summed E-state index contributed by atoms with van der Waals surface area (Å²) >= 11 is 0. The van der Waals surface area contributed by atoms with Crippen LogP contribution in [0.5, 0.6) is 0 Å². The van der Waals surface area contributed by atoms with E-state index in [4.69, 9.17) is 11.5 Å². The van der Waals surface area contributed by atoms with Crippen LogP contribution in [0.25, 0.3) is 0 Å². The van der Waals surface area contributed by atoms with E-state index in [0.717, 1.165) is 12.1 Å². The molecule has 1 heterocycles. The van der Waals surface area contributed by atoms with Crippen molar-refractivity contribution in [2.24, 2.45) is 5.73 Å². The second-order valence-corrected chi connectivity index (χ2v) is 4.09. The summed E-state index contributed by atoms with van der Waals surface area (Å²) in [4.78, 5) is 22.5. The maximum absolute atomic E-state index is 13.5. The number of nitrogens with zero attached hydrogens (tertiary/aromatic N) is 2. The predicted octanol–water partition coefficient (Wildman–Crippen LogP) is 0.380. The molecular formula is C10H11FN4O3. The smallest absolute Gasteiger partial charge is 0.306 e. The molecule has 0 bridgehead atoms. The fraction of sp³-hybridized carbons (Fsp3) is 0.300. The van der Waals surface area contributed by atoms with E-state index >= 15 is 0 Å². The van der Waals surface area contributed by atoms with Gasteiger partial charge in [-0.25, -0.2) is 0 Å². The number of nitrogen functional groups attached to an aromatic ring is 1. The van der Waals surface area contributed by atoms with Gasteiger partial charge in [0.2, 0.25) is 11.7 Å². The Hall–Kier alpha value is -2.22. The Labute approximate surface area is 101 Å². The minimum atomic E-state index is -1.03. The Morgan fingerprint density at radius 3 is 2.67 bits per heavy atom. The average Bonchev–Trinajstić information content (AvgIpc) is 2.60. The first-order chi connectivity index (χ1) is 8.40. The number of anilines is 2. The Balaban J connectivity index is 2.44. The van der Waals surface area contributed by atoms with Crippen LogP contribution >= 0.6 is 0 Å². The highest BCUT2D eigenvalue weighted by Gasteiger charge is 2.31. The van der Waals surface area contributed by atoms with E-state index < -0.39 is 16.4 Å². The van der Waals surface area contributed by atoms with Gasteiger partial charge in [-0.3, -0.25) is 14.9 Å². The third kappa shape index (κ3) is 1.97. The lowest BCUT2D eigenvalue weighted by atomic mass is 10.2. The monoisotopic (exact) mass is 254 g/mol. The zero-order chi connectivity index (χ0) is 13.4. The topological polar surface area (TPSA) is 115 Å². The number of nitrogens with two attached hydrogens (primary N) is 2. The van der Waals surface area contributed by atoms with Crippen molar-refractivity contribution in [3.63, 3.8) is 0 Å². The van der Waals surface area contributed by atoms with Gasteiger partial charge >= 0.3 is 5.69 Å². The molecule has 0 radical (unpaired) electrons. The fourth-order valence-corrected chi connectivity index (χ4v) is 1.91. The van der Waals surface area contributed by atoms with Crippen LogP contribution in [0.3, 0.4) is 0 Å². The largest absolute Gasteiger partial charge is 0.397 e. The highest BCUT2D eigenvalue weighted by atomic mass is 19.1. The molecular weight excluding hydrogens is 243 g/mol. The van der Waals surface area contributed by atoms with Gasteiger partial charge in [0.15, 0.2) is 0 Å². The Morgan fingerprint density at radius 1 is 1.50 bits per heavy atom. The summed E-state index contributed by atoms with van der Waals surface area (Å²) in [6.07, 6.45) is 0.151. The Bertz CT molecular complexity index is 534. The maximum atomic E-state index is 13.5. The zero-order valence-electron chi connectivity index (χ0n) is 9.30. The number of carbonyl (C=O) groups is 1. The van der Waals surface area contributed by atoms with Crippen LogP contribution in [0, 0.1) is 15.9 Å². The molecule has 4 N–H and O–H groups in total. The van der Waals surface area contributed by atoms with E-state index in [-0.39, 0.29) is 36.3 Å². The number of benzene rings is 1. The Morgan fingerprint density at radius 2 is 2.17 bits per heavy atom. The molecule has 1 aromatic carbocycles. The molecule has 1 amide bonds. The molecule has 1 aliphatic heterocycles. The molecule has 1 aromatic rings. The fourth-order valence-electron chi connectivity index (χ4n) is 1.91. The van der Waals surface area contributed by atoms with Crippen LogP contribution in [0.4, 0.5) is 21.5 Å². The average molecular weight is 254 g/mol. The Kier molecular flexibility index (Phi) is 2.87. The van der Waals surface area contributed by atoms with Crippen LogP contribution in [0.2, 0.25) is 0 Å². The number of rotatable bonds is 2. The molecule has 7 nitrogen and oxygen atoms in total. The third-order valence-corrected chi connectivity index (χ3v) is 2.74. The minimum absolute atomic E-state index is 0.0226. The lowest BCUT2D eigenvalue weighted by Crippen LogP contribution is -2.28. The quantitative estimate of drug-likeness (QED) is 0.449. The normalized spacial score (nSPS) is 19.3. The SMILES string of the molecule is Nc1cc([N+](=O)[O-])c(F)cc1N1CC(N)CC1=O. The van der Waals surface area contributed by atoms with Crippen LogP contribution in [-0.2, 0) is 4.79 Å². The number of halogens is 1. The molecule has 0 aromatic heterocycles. The zero-order valence-corrected chi connectivity index (χ0v) is 9.30. The number of amides is 1. The van der Waals surface area contributed by atoms with Crippen molar-refractivity contribution in [3.8, 4) is 0 Å². The summed E-state index contributed by atoms with van der Waals surface area (Å²) in [5.74, 6) is -1.31. The number of carbonyl (C=O) groups excluding carboxylic acids is 1. The molecule has 8 heteroatoms. The van der Waals surface area contributed by atoms with Crippen LogP contribution in [0.1, 0.15) is 6.42 Å². The summed E-state index contributed by atoms with van der Waals surface area (Å²) in [5, 5.41) is 10.5. The first kappa shape index (κ1) is 12.2. The van der Waals surface area contributed by atoms with Crippen molar-refractivity contribution < 1.29 is 14.1 Å². The van der Waals surface area contributed by atoms with Gasteiger partial charge in [-0.2, -0.15) is 4.39 Å². The van der Waals surface area contributed by atoms with Gasteiger partial charge < -0.3 is 16.4 Å². The molecule has 0 saturated carbocycles. The van der Waals surface area contributed by atoms with Gasteiger partial charge in [0.1, 0.15) is 0 Å². The molecule has 1 atom stereocenters. The molecule has 1 unspecified atom stereocenters. The second kappa shape index (κ2) is 4.22. The van der Waals surface area contributed by atoms with E-state index in [1.165, 1.54) is 4.90 Å². The third-order valence-electron chi connectivity index (χ3n) is 2.74. The highest BCUT2D eigenvalue weighted by molar-refractivity contribution is 5.99. The predicted molar refractivity (Wildman–Crippen MR) is 62.4 cm³/mol. The maximum Gasteiger partial charge on any atom is 0.306 e. The molecule has 2 rings (SSSR count). The molecule has 0 aliphatic carbocycles. The van der Waals surface area contributed by atoms with Crippen LogP contribution < -0.4 is 16.4 Å². The van der Waals surface area contributed by atoms with Crippen molar-refractivity contribution >= 4 is 23.0 Å². The van der Waals surface area contributed by atoms with Gasteiger partial charge in [0.25, 0.3) is 0 Å². The van der Waals surface area contributed by atoms with Gasteiger partial charge in [0.05, 0.1) is 16.3 Å². The molecule has 1 aliphatic rings. The summed E-state index contributed by atoms with van der Waals surface area (Å²) in [6, 6.07) is 1.46. The van der Waals surface area contributed by atoms with Crippen molar-refractivity contribution in [1.29, 1.82) is 0 Å². The highest BCUT2D eigenvalue weighted by Crippen LogP contribution is 2.32. The van der Waals surface area contributed by atoms with E-state index in [1.807, 2.05) is 0 Å². The van der Waals surface area contributed by atoms with E-state index in [0.29, 0.717) is 0 Å². The summed E-state index contributed by atoms with van der Waals surface area (Å²) < 4.78 is 13.5. The molecule has 1 saturated heterocycles. The summed E-state index contributed by atoms with van der Waals surface area (Å²) in [5.41, 5.74) is 10.6. The van der Waals surface area contributed by atoms with Gasteiger partial charge in [-0.05, 0) is 0 Å². The van der Waals surface area contributed by atoms with E-state index in [9.17, 15) is 19.3 Å². The molecule has 96 valence electrons. The first-order valence-corrected chi connectivity index (χ1v) is 5.19. The van der Waals surface area contributed by atoms with E-state index in [1.54, 1.807) is 0 Å². The first-order valence-electron chi connectivity index (χ1n) is 5.19. The van der Waals surface area contributed by atoms with E-state index in [2.05, 4.69) is 0 Å². The summed E-state index contributed by atoms with van der Waals surface area (Å²) in [7, 11) is 0.